The van der Waals surface area contributed by atoms with Gasteiger partial charge in [-0.05, 0) is 24.1 Å². The van der Waals surface area contributed by atoms with Gasteiger partial charge >= 0.3 is 0 Å². The zero-order chi connectivity index (χ0) is 12.5. The Bertz CT molecular complexity index is 336. The van der Waals surface area contributed by atoms with Crippen molar-refractivity contribution in [1.29, 1.82) is 0 Å². The number of carbonyl (C=O) groups excluding carboxylic acids is 1. The maximum atomic E-state index is 10.5. The summed E-state index contributed by atoms with van der Waals surface area (Å²) in [5, 5.41) is 3.27. The van der Waals surface area contributed by atoms with Crippen molar-refractivity contribution in [2.24, 2.45) is 5.73 Å². The number of methoxy groups -OCH3 is 1. The molecule has 0 aliphatic rings. The third-order valence-corrected chi connectivity index (χ3v) is 2.44. The predicted molar refractivity (Wildman–Crippen MR) is 67.3 cm³/mol. The van der Waals surface area contributed by atoms with Crippen LogP contribution < -0.4 is 11.1 Å². The summed E-state index contributed by atoms with van der Waals surface area (Å²) in [5.41, 5.74) is 7.45. The van der Waals surface area contributed by atoms with E-state index in [4.69, 9.17) is 10.5 Å². The molecule has 0 aliphatic heterocycles. The van der Waals surface area contributed by atoms with E-state index >= 15 is 0 Å². The van der Waals surface area contributed by atoms with E-state index in [0.29, 0.717) is 13.0 Å². The van der Waals surface area contributed by atoms with Gasteiger partial charge in [0, 0.05) is 20.1 Å². The fourth-order valence-corrected chi connectivity index (χ4v) is 1.54. The molecule has 0 aliphatic carbocycles. The maximum absolute atomic E-state index is 10.5. The largest absolute Gasteiger partial charge is 0.380 e. The lowest BCUT2D eigenvalue weighted by molar-refractivity contribution is -0.118. The average molecular weight is 236 g/mol. The molecule has 4 nitrogen and oxygen atoms in total. The van der Waals surface area contributed by atoms with Crippen LogP contribution >= 0.6 is 0 Å². The summed E-state index contributed by atoms with van der Waals surface area (Å²) in [6, 6.07) is 8.28. The molecule has 0 bridgehead atoms. The molecule has 0 spiro atoms. The van der Waals surface area contributed by atoms with E-state index in [2.05, 4.69) is 29.6 Å². The second-order valence-corrected chi connectivity index (χ2v) is 4.00. The lowest BCUT2D eigenvalue weighted by Crippen LogP contribution is -2.18. The number of hydrogen-bond acceptors (Lipinski definition) is 3. The Balaban J connectivity index is 2.20. The summed E-state index contributed by atoms with van der Waals surface area (Å²) >= 11 is 0. The molecule has 4 heteroatoms. The molecule has 0 saturated carbocycles. The molecule has 3 N–H and O–H groups in total. The van der Waals surface area contributed by atoms with Crippen molar-refractivity contribution in [1.82, 2.24) is 5.32 Å². The van der Waals surface area contributed by atoms with Gasteiger partial charge in [0.05, 0.1) is 6.61 Å². The van der Waals surface area contributed by atoms with Gasteiger partial charge in [-0.15, -0.1) is 0 Å². The first kappa shape index (κ1) is 13.7. The minimum atomic E-state index is -0.240. The second-order valence-electron chi connectivity index (χ2n) is 4.00. The standard InChI is InChI=1S/C13H20N2O2/c1-17-10-12-6-4-11(5-7-12)9-15-8-2-3-13(14)16/h4-7,15H,2-3,8-10H2,1H3,(H2,14,16). The molecule has 0 aromatic heterocycles. The molecule has 1 aromatic carbocycles. The van der Waals surface area contributed by atoms with Gasteiger partial charge in [0.2, 0.25) is 5.91 Å². The van der Waals surface area contributed by atoms with Gasteiger partial charge in [0.1, 0.15) is 0 Å². The van der Waals surface area contributed by atoms with E-state index in [1.54, 1.807) is 7.11 Å². The monoisotopic (exact) mass is 236 g/mol. The topological polar surface area (TPSA) is 64.3 Å². The van der Waals surface area contributed by atoms with E-state index in [-0.39, 0.29) is 5.91 Å². The van der Waals surface area contributed by atoms with Crippen molar-refractivity contribution in [3.05, 3.63) is 35.4 Å². The van der Waals surface area contributed by atoms with Crippen LogP contribution in [0, 0.1) is 0 Å². The van der Waals surface area contributed by atoms with Crippen molar-refractivity contribution in [3.8, 4) is 0 Å². The minimum Gasteiger partial charge on any atom is -0.380 e. The first-order chi connectivity index (χ1) is 8.22. The SMILES string of the molecule is COCc1ccc(CNCCCC(N)=O)cc1. The zero-order valence-electron chi connectivity index (χ0n) is 10.2. The summed E-state index contributed by atoms with van der Waals surface area (Å²) in [7, 11) is 1.69. The minimum absolute atomic E-state index is 0.240. The lowest BCUT2D eigenvalue weighted by atomic mass is 10.1. The van der Waals surface area contributed by atoms with Gasteiger partial charge in [-0.25, -0.2) is 0 Å². The van der Waals surface area contributed by atoms with Gasteiger partial charge in [-0.3, -0.25) is 4.79 Å². The number of nitrogens with two attached hydrogens (primary N) is 1. The van der Waals surface area contributed by atoms with Crippen LogP contribution in [0.2, 0.25) is 0 Å². The third kappa shape index (κ3) is 6.04. The average Bonchev–Trinajstić information content (AvgIpc) is 2.31. The highest BCUT2D eigenvalue weighted by Gasteiger charge is 1.96. The quantitative estimate of drug-likeness (QED) is 0.666. The molecule has 1 amide bonds. The Labute approximate surface area is 102 Å². The molecule has 0 atom stereocenters. The van der Waals surface area contributed by atoms with Crippen LogP contribution in [0.4, 0.5) is 0 Å². The van der Waals surface area contributed by atoms with E-state index in [1.807, 2.05) is 0 Å². The first-order valence-electron chi connectivity index (χ1n) is 5.78. The van der Waals surface area contributed by atoms with E-state index < -0.39 is 0 Å². The number of primary amides is 1. The van der Waals surface area contributed by atoms with Crippen LogP contribution in [-0.4, -0.2) is 19.6 Å². The Morgan fingerprint density at radius 2 is 1.94 bits per heavy atom. The summed E-state index contributed by atoms with van der Waals surface area (Å²) in [6.45, 7) is 2.26. The number of carbonyl (C=O) groups is 1. The van der Waals surface area contributed by atoms with Crippen LogP contribution in [-0.2, 0) is 22.7 Å². The lowest BCUT2D eigenvalue weighted by Gasteiger charge is -2.05. The highest BCUT2D eigenvalue weighted by atomic mass is 16.5. The molecule has 1 aromatic rings. The molecule has 0 radical (unpaired) electrons. The van der Waals surface area contributed by atoms with Crippen LogP contribution in [0.3, 0.4) is 0 Å². The molecule has 0 unspecified atom stereocenters. The third-order valence-electron chi connectivity index (χ3n) is 2.44. The summed E-state index contributed by atoms with van der Waals surface area (Å²) in [5.74, 6) is -0.240. The number of hydrogen-bond donors (Lipinski definition) is 2. The van der Waals surface area contributed by atoms with E-state index in [0.717, 1.165) is 19.5 Å². The molecule has 0 saturated heterocycles. The predicted octanol–water partition coefficient (Wildman–Crippen LogP) is 1.19. The van der Waals surface area contributed by atoms with E-state index in [9.17, 15) is 4.79 Å². The van der Waals surface area contributed by atoms with Crippen molar-refractivity contribution in [3.63, 3.8) is 0 Å². The molecule has 0 heterocycles. The van der Waals surface area contributed by atoms with Crippen LogP contribution in [0.1, 0.15) is 24.0 Å². The Hall–Kier alpha value is -1.39. The number of nitrogens with one attached hydrogen (secondary N) is 1. The van der Waals surface area contributed by atoms with Crippen molar-refractivity contribution in [2.75, 3.05) is 13.7 Å². The van der Waals surface area contributed by atoms with Crippen molar-refractivity contribution in [2.45, 2.75) is 26.0 Å². The van der Waals surface area contributed by atoms with Gasteiger partial charge in [0.25, 0.3) is 0 Å². The number of rotatable bonds is 8. The summed E-state index contributed by atoms with van der Waals surface area (Å²) in [4.78, 5) is 10.5. The van der Waals surface area contributed by atoms with Gasteiger partial charge < -0.3 is 15.8 Å². The maximum Gasteiger partial charge on any atom is 0.217 e. The second kappa shape index (κ2) is 7.81. The summed E-state index contributed by atoms with van der Waals surface area (Å²) in [6.07, 6.45) is 1.23. The molecule has 1 rings (SSSR count). The Kier molecular flexibility index (Phi) is 6.29. The highest BCUT2D eigenvalue weighted by molar-refractivity contribution is 5.73. The number of ether oxygens (including phenoxy) is 1. The normalized spacial score (nSPS) is 10.4. The van der Waals surface area contributed by atoms with Crippen LogP contribution in [0.25, 0.3) is 0 Å². The smallest absolute Gasteiger partial charge is 0.217 e. The molecule has 17 heavy (non-hydrogen) atoms. The van der Waals surface area contributed by atoms with Crippen LogP contribution in [0.15, 0.2) is 24.3 Å². The number of amides is 1. The Morgan fingerprint density at radius 3 is 2.53 bits per heavy atom. The van der Waals surface area contributed by atoms with Gasteiger partial charge in [0.15, 0.2) is 0 Å². The number of benzene rings is 1. The first-order valence-corrected chi connectivity index (χ1v) is 5.78. The molecule has 94 valence electrons. The highest BCUT2D eigenvalue weighted by Crippen LogP contribution is 2.05. The molecule has 0 fully saturated rings. The zero-order valence-corrected chi connectivity index (χ0v) is 10.2. The fourth-order valence-electron chi connectivity index (χ4n) is 1.54. The molecular weight excluding hydrogens is 216 g/mol. The Morgan fingerprint density at radius 1 is 1.29 bits per heavy atom. The van der Waals surface area contributed by atoms with Gasteiger partial charge in [-0.1, -0.05) is 24.3 Å². The van der Waals surface area contributed by atoms with Gasteiger partial charge in [-0.2, -0.15) is 0 Å². The van der Waals surface area contributed by atoms with Crippen molar-refractivity contribution < 1.29 is 9.53 Å². The van der Waals surface area contributed by atoms with E-state index in [1.165, 1.54) is 11.1 Å². The summed E-state index contributed by atoms with van der Waals surface area (Å²) < 4.78 is 5.04. The van der Waals surface area contributed by atoms with Crippen LogP contribution in [0.5, 0.6) is 0 Å². The molecular formula is C13H20N2O2. The fraction of sp³-hybridized carbons (Fsp3) is 0.462. The van der Waals surface area contributed by atoms with Crippen molar-refractivity contribution >= 4 is 5.91 Å².